The van der Waals surface area contributed by atoms with Crippen LogP contribution in [0.3, 0.4) is 0 Å². The molecule has 1 amide bonds. The second-order valence-corrected chi connectivity index (χ2v) is 10.9. The number of hydrogen-bond acceptors (Lipinski definition) is 8. The van der Waals surface area contributed by atoms with E-state index in [1.807, 2.05) is 24.3 Å². The number of hydrogen-bond donors (Lipinski definition) is 2. The van der Waals surface area contributed by atoms with Crippen molar-refractivity contribution in [1.29, 1.82) is 0 Å². The highest BCUT2D eigenvalue weighted by atomic mass is 16.5. The van der Waals surface area contributed by atoms with E-state index < -0.39 is 0 Å². The molecule has 0 spiro atoms. The molecule has 1 unspecified atom stereocenters. The second-order valence-electron chi connectivity index (χ2n) is 10.9. The molecule has 9 nitrogen and oxygen atoms in total. The molecule has 0 radical (unpaired) electrons. The summed E-state index contributed by atoms with van der Waals surface area (Å²) in [4.78, 5) is 14.8. The van der Waals surface area contributed by atoms with Crippen molar-refractivity contribution in [3.8, 4) is 11.5 Å². The van der Waals surface area contributed by atoms with Crippen LogP contribution in [0.5, 0.6) is 11.5 Å². The number of nitrogens with zero attached hydrogens (tertiary/aromatic N) is 1. The first-order valence-electron chi connectivity index (χ1n) is 13.3. The average molecular weight is 514 g/mol. The van der Waals surface area contributed by atoms with Crippen molar-refractivity contribution in [2.75, 3.05) is 51.7 Å². The molecule has 1 aromatic carbocycles. The Morgan fingerprint density at radius 1 is 1.14 bits per heavy atom. The summed E-state index contributed by atoms with van der Waals surface area (Å²) >= 11 is 0. The van der Waals surface area contributed by atoms with E-state index in [1.165, 1.54) is 12.8 Å². The van der Waals surface area contributed by atoms with Gasteiger partial charge in [-0.3, -0.25) is 9.69 Å². The molecule has 37 heavy (non-hydrogen) atoms. The number of nitrogens with one attached hydrogen (secondary N) is 2. The Morgan fingerprint density at radius 3 is 2.70 bits per heavy atom. The Labute approximate surface area is 219 Å². The number of carbonyl (C=O) groups excluding carboxylic acids is 1. The molecule has 2 saturated heterocycles. The first-order chi connectivity index (χ1) is 17.9. The largest absolute Gasteiger partial charge is 0.493 e. The lowest BCUT2D eigenvalue weighted by atomic mass is 9.98. The molecule has 0 bridgehead atoms. The summed E-state index contributed by atoms with van der Waals surface area (Å²) in [7, 11) is 1.60. The molecule has 1 aliphatic carbocycles. The molecule has 3 fully saturated rings. The molecule has 3 heterocycles. The van der Waals surface area contributed by atoms with Crippen LogP contribution in [-0.2, 0) is 19.0 Å². The molecular formula is C28H39N3O6. The van der Waals surface area contributed by atoms with Crippen molar-refractivity contribution in [3.05, 3.63) is 41.8 Å². The van der Waals surface area contributed by atoms with Gasteiger partial charge in [-0.1, -0.05) is 0 Å². The maximum Gasteiger partial charge on any atom is 0.266 e. The van der Waals surface area contributed by atoms with Gasteiger partial charge in [0.2, 0.25) is 0 Å². The monoisotopic (exact) mass is 513 g/mol. The van der Waals surface area contributed by atoms with E-state index in [2.05, 4.69) is 24.5 Å². The third-order valence-corrected chi connectivity index (χ3v) is 7.25. The Kier molecular flexibility index (Phi) is 7.92. The van der Waals surface area contributed by atoms with Crippen molar-refractivity contribution >= 4 is 11.6 Å². The summed E-state index contributed by atoms with van der Waals surface area (Å²) in [6.07, 6.45) is 7.90. The van der Waals surface area contributed by atoms with Crippen LogP contribution >= 0.6 is 0 Å². The highest BCUT2D eigenvalue weighted by Crippen LogP contribution is 2.35. The van der Waals surface area contributed by atoms with Gasteiger partial charge in [0.15, 0.2) is 24.5 Å². The predicted octanol–water partition coefficient (Wildman–Crippen LogP) is 3.31. The van der Waals surface area contributed by atoms with Crippen molar-refractivity contribution in [2.24, 2.45) is 11.8 Å². The minimum absolute atomic E-state index is 0.115. The van der Waals surface area contributed by atoms with E-state index in [0.717, 1.165) is 39.2 Å². The topological polar surface area (TPSA) is 90.5 Å². The van der Waals surface area contributed by atoms with E-state index in [-0.39, 0.29) is 24.4 Å². The van der Waals surface area contributed by atoms with Gasteiger partial charge < -0.3 is 34.3 Å². The molecule has 202 valence electrons. The molecule has 3 aliphatic heterocycles. The summed E-state index contributed by atoms with van der Waals surface area (Å²) < 4.78 is 29.0. The molecular weight excluding hydrogens is 474 g/mol. The Hall–Kier alpha value is -2.75. The fourth-order valence-corrected chi connectivity index (χ4v) is 4.58. The molecule has 1 atom stereocenters. The zero-order valence-electron chi connectivity index (χ0n) is 22.1. The zero-order chi connectivity index (χ0) is 25.8. The van der Waals surface area contributed by atoms with Crippen LogP contribution in [0.25, 0.3) is 0 Å². The first-order valence-corrected chi connectivity index (χ1v) is 13.3. The lowest BCUT2D eigenvalue weighted by Gasteiger charge is -2.33. The summed E-state index contributed by atoms with van der Waals surface area (Å²) in [6.45, 7) is 8.23. The van der Waals surface area contributed by atoms with Gasteiger partial charge >= 0.3 is 0 Å². The minimum atomic E-state index is -0.273. The number of anilines is 1. The van der Waals surface area contributed by atoms with Crippen molar-refractivity contribution in [3.63, 3.8) is 0 Å². The van der Waals surface area contributed by atoms with E-state index >= 15 is 0 Å². The number of amides is 1. The third kappa shape index (κ3) is 6.58. The number of methoxy groups -OCH3 is 1. The highest BCUT2D eigenvalue weighted by Gasteiger charge is 2.33. The summed E-state index contributed by atoms with van der Waals surface area (Å²) in [6, 6.07) is 5.51. The third-order valence-electron chi connectivity index (χ3n) is 7.25. The highest BCUT2D eigenvalue weighted by molar-refractivity contribution is 6.09. The van der Waals surface area contributed by atoms with Crippen LogP contribution in [0, 0.1) is 11.8 Å². The van der Waals surface area contributed by atoms with Crippen LogP contribution in [0.15, 0.2) is 41.8 Å². The van der Waals surface area contributed by atoms with Crippen LogP contribution in [0.4, 0.5) is 5.69 Å². The Morgan fingerprint density at radius 2 is 1.95 bits per heavy atom. The standard InChI is InChI=1S/C28H39N3O6/c1-28(2,30-14-19-8-10-34-11-9-19)17-36-23-7-6-21(12-25(23)33-3)31-18-37-24-13-26(35-16-20-4-5-20)29-15-22(24)27(31)32/h6-7,12-13,15,19-20,26,29-30H,4-5,8-11,14,16-18H2,1-3H3. The normalized spacial score (nSPS) is 22.4. The lowest BCUT2D eigenvalue weighted by Crippen LogP contribution is -2.47. The molecule has 4 aliphatic rings. The molecule has 1 saturated carbocycles. The molecule has 9 heteroatoms. The fourth-order valence-electron chi connectivity index (χ4n) is 4.58. The van der Waals surface area contributed by atoms with Crippen LogP contribution in [0.1, 0.15) is 39.5 Å². The zero-order valence-corrected chi connectivity index (χ0v) is 22.1. The van der Waals surface area contributed by atoms with Gasteiger partial charge in [0.1, 0.15) is 12.4 Å². The van der Waals surface area contributed by atoms with Gasteiger partial charge in [-0.15, -0.1) is 0 Å². The molecule has 1 aromatic rings. The van der Waals surface area contributed by atoms with Crippen LogP contribution in [-0.4, -0.2) is 64.5 Å². The first kappa shape index (κ1) is 25.9. The maximum atomic E-state index is 13.3. The predicted molar refractivity (Wildman–Crippen MR) is 139 cm³/mol. The van der Waals surface area contributed by atoms with Gasteiger partial charge in [0.25, 0.3) is 5.91 Å². The van der Waals surface area contributed by atoms with Crippen LogP contribution < -0.4 is 25.0 Å². The van der Waals surface area contributed by atoms with E-state index in [9.17, 15) is 4.79 Å². The number of dihydropyridines is 1. The Balaban J connectivity index is 1.18. The SMILES string of the molecule is COc1cc(N2COC3=CC(OCC4CC4)NC=C3C2=O)ccc1OCC(C)(C)NCC1CCOCC1. The van der Waals surface area contributed by atoms with Crippen molar-refractivity contribution in [1.82, 2.24) is 10.6 Å². The van der Waals surface area contributed by atoms with Gasteiger partial charge in [0.05, 0.1) is 25.0 Å². The van der Waals surface area contributed by atoms with E-state index in [1.54, 1.807) is 18.2 Å². The summed E-state index contributed by atoms with van der Waals surface area (Å²) in [5.74, 6) is 2.92. The number of rotatable bonds is 11. The second kappa shape index (κ2) is 11.3. The smallest absolute Gasteiger partial charge is 0.266 e. The minimum Gasteiger partial charge on any atom is -0.493 e. The molecule has 0 aromatic heterocycles. The number of carbonyl (C=O) groups is 1. The molecule has 2 N–H and O–H groups in total. The van der Waals surface area contributed by atoms with E-state index in [0.29, 0.717) is 47.0 Å². The van der Waals surface area contributed by atoms with Gasteiger partial charge in [-0.2, -0.15) is 0 Å². The lowest BCUT2D eigenvalue weighted by molar-refractivity contribution is -0.117. The Bertz CT molecular complexity index is 1030. The average Bonchev–Trinajstić information content (AvgIpc) is 3.75. The van der Waals surface area contributed by atoms with Crippen LogP contribution in [0.2, 0.25) is 0 Å². The van der Waals surface area contributed by atoms with Crippen molar-refractivity contribution in [2.45, 2.75) is 51.3 Å². The van der Waals surface area contributed by atoms with Gasteiger partial charge in [0, 0.05) is 37.1 Å². The fraction of sp³-hybridized carbons (Fsp3) is 0.607. The maximum absolute atomic E-state index is 13.3. The van der Waals surface area contributed by atoms with E-state index in [4.69, 9.17) is 23.7 Å². The quantitative estimate of drug-likeness (QED) is 0.466. The van der Waals surface area contributed by atoms with Crippen molar-refractivity contribution < 1.29 is 28.5 Å². The number of benzene rings is 1. The number of fused-ring (bicyclic) bond motifs is 1. The molecule has 5 rings (SSSR count). The number of ether oxygens (including phenoxy) is 5. The van der Waals surface area contributed by atoms with Gasteiger partial charge in [-0.25, -0.2) is 0 Å². The summed E-state index contributed by atoms with van der Waals surface area (Å²) in [5, 5.41) is 6.79. The summed E-state index contributed by atoms with van der Waals surface area (Å²) in [5.41, 5.74) is 0.953. The van der Waals surface area contributed by atoms with Gasteiger partial charge in [-0.05, 0) is 70.0 Å².